The van der Waals surface area contributed by atoms with Crippen LogP contribution in [-0.4, -0.2) is 10.9 Å². The van der Waals surface area contributed by atoms with Crippen molar-refractivity contribution in [3.8, 4) is 0 Å². The number of thiazole rings is 1. The maximum absolute atomic E-state index is 11.9. The van der Waals surface area contributed by atoms with Gasteiger partial charge in [0.05, 0.1) is 22.6 Å². The van der Waals surface area contributed by atoms with Crippen LogP contribution in [0, 0.1) is 6.92 Å². The Balaban J connectivity index is 2.22. The van der Waals surface area contributed by atoms with Gasteiger partial charge in [-0.05, 0) is 25.1 Å². The highest BCUT2D eigenvalue weighted by Gasteiger charge is 2.12. The maximum atomic E-state index is 11.9. The summed E-state index contributed by atoms with van der Waals surface area (Å²) in [4.78, 5) is 16.6. The predicted octanol–water partition coefficient (Wildman–Crippen LogP) is 3.05. The number of hydrogen-bond donors (Lipinski definition) is 2. The van der Waals surface area contributed by atoms with E-state index in [1.807, 2.05) is 6.07 Å². The van der Waals surface area contributed by atoms with Gasteiger partial charge in [-0.25, -0.2) is 4.98 Å². The molecule has 0 radical (unpaired) electrons. The third-order valence-corrected chi connectivity index (χ3v) is 3.63. The number of nitrogens with zero attached hydrogens (tertiary/aromatic N) is 1. The lowest BCUT2D eigenvalue weighted by Crippen LogP contribution is -2.12. The summed E-state index contributed by atoms with van der Waals surface area (Å²) < 4.78 is 0.877. The maximum Gasteiger partial charge on any atom is 0.267 e. The molecule has 2 aromatic rings. The van der Waals surface area contributed by atoms with Gasteiger partial charge in [-0.2, -0.15) is 0 Å². The van der Waals surface area contributed by atoms with Crippen LogP contribution in [0.1, 0.15) is 15.4 Å². The number of benzene rings is 1. The highest BCUT2D eigenvalue weighted by molar-refractivity contribution is 9.10. The van der Waals surface area contributed by atoms with E-state index in [1.54, 1.807) is 24.6 Å². The number of nitrogens with two attached hydrogens (primary N) is 1. The molecule has 0 fully saturated rings. The summed E-state index contributed by atoms with van der Waals surface area (Å²) in [6, 6.07) is 5.33. The van der Waals surface area contributed by atoms with Crippen molar-refractivity contribution >= 4 is 44.5 Å². The number of nitrogen functional groups attached to an aromatic ring is 1. The number of anilines is 2. The summed E-state index contributed by atoms with van der Waals surface area (Å²) in [6.45, 7) is 1.80. The Labute approximate surface area is 111 Å². The van der Waals surface area contributed by atoms with E-state index in [-0.39, 0.29) is 5.91 Å². The first-order valence-corrected chi connectivity index (χ1v) is 6.51. The van der Waals surface area contributed by atoms with E-state index in [1.165, 1.54) is 11.3 Å². The minimum Gasteiger partial charge on any atom is -0.397 e. The van der Waals surface area contributed by atoms with Crippen molar-refractivity contribution in [3.63, 3.8) is 0 Å². The van der Waals surface area contributed by atoms with E-state index in [0.29, 0.717) is 16.3 Å². The lowest BCUT2D eigenvalue weighted by atomic mass is 10.2. The first-order valence-electron chi connectivity index (χ1n) is 4.84. The van der Waals surface area contributed by atoms with Crippen LogP contribution in [-0.2, 0) is 0 Å². The van der Waals surface area contributed by atoms with Gasteiger partial charge in [0, 0.05) is 4.47 Å². The molecule has 0 saturated carbocycles. The molecule has 6 heteroatoms. The molecule has 1 aromatic carbocycles. The number of nitrogens with one attached hydrogen (secondary N) is 1. The third kappa shape index (κ3) is 2.65. The zero-order valence-corrected chi connectivity index (χ0v) is 11.4. The SMILES string of the molecule is Cc1ncsc1C(=O)Nc1ccc(Br)cc1N. The Morgan fingerprint density at radius 1 is 1.53 bits per heavy atom. The molecule has 0 saturated heterocycles. The molecular weight excluding hydrogens is 302 g/mol. The normalized spacial score (nSPS) is 10.2. The van der Waals surface area contributed by atoms with Crippen LogP contribution in [0.5, 0.6) is 0 Å². The Hall–Kier alpha value is -1.40. The molecule has 1 aromatic heterocycles. The zero-order valence-electron chi connectivity index (χ0n) is 9.03. The monoisotopic (exact) mass is 311 g/mol. The fourth-order valence-electron chi connectivity index (χ4n) is 1.35. The minimum atomic E-state index is -0.181. The van der Waals surface area contributed by atoms with Gasteiger partial charge in [0.1, 0.15) is 4.88 Å². The second kappa shape index (κ2) is 4.85. The predicted molar refractivity (Wildman–Crippen MR) is 73.4 cm³/mol. The van der Waals surface area contributed by atoms with Crippen molar-refractivity contribution in [1.82, 2.24) is 4.98 Å². The van der Waals surface area contributed by atoms with Crippen molar-refractivity contribution in [1.29, 1.82) is 0 Å². The van der Waals surface area contributed by atoms with Crippen molar-refractivity contribution in [2.24, 2.45) is 0 Å². The van der Waals surface area contributed by atoms with E-state index in [9.17, 15) is 4.79 Å². The molecule has 2 rings (SSSR count). The summed E-state index contributed by atoms with van der Waals surface area (Å²) in [5.41, 5.74) is 9.30. The summed E-state index contributed by atoms with van der Waals surface area (Å²) in [7, 11) is 0. The highest BCUT2D eigenvalue weighted by Crippen LogP contribution is 2.24. The Bertz CT molecular complexity index is 568. The molecule has 4 nitrogen and oxygen atoms in total. The van der Waals surface area contributed by atoms with Crippen molar-refractivity contribution < 1.29 is 4.79 Å². The van der Waals surface area contributed by atoms with E-state index >= 15 is 0 Å². The summed E-state index contributed by atoms with van der Waals surface area (Å²) in [6.07, 6.45) is 0. The minimum absolute atomic E-state index is 0.181. The van der Waals surface area contributed by atoms with Gasteiger partial charge in [-0.15, -0.1) is 11.3 Å². The van der Waals surface area contributed by atoms with E-state index < -0.39 is 0 Å². The van der Waals surface area contributed by atoms with Crippen LogP contribution in [0.3, 0.4) is 0 Å². The molecule has 0 atom stereocenters. The molecule has 3 N–H and O–H groups in total. The summed E-state index contributed by atoms with van der Waals surface area (Å²) >= 11 is 4.62. The molecule has 0 aliphatic heterocycles. The van der Waals surface area contributed by atoms with E-state index in [4.69, 9.17) is 5.73 Å². The first-order chi connectivity index (χ1) is 8.08. The van der Waals surface area contributed by atoms with Gasteiger partial charge in [-0.1, -0.05) is 15.9 Å². The van der Waals surface area contributed by atoms with Crippen LogP contribution in [0.25, 0.3) is 0 Å². The lowest BCUT2D eigenvalue weighted by Gasteiger charge is -2.07. The number of aromatic nitrogens is 1. The number of amides is 1. The Morgan fingerprint density at radius 3 is 2.88 bits per heavy atom. The molecule has 1 amide bonds. The molecule has 0 unspecified atom stereocenters. The Morgan fingerprint density at radius 2 is 2.29 bits per heavy atom. The lowest BCUT2D eigenvalue weighted by molar-refractivity contribution is 0.103. The fourth-order valence-corrected chi connectivity index (χ4v) is 2.42. The number of carbonyl (C=O) groups excluding carboxylic acids is 1. The van der Waals surface area contributed by atoms with Crippen LogP contribution in [0.2, 0.25) is 0 Å². The average Bonchev–Trinajstić information content (AvgIpc) is 2.68. The second-order valence-corrected chi connectivity index (χ2v) is 5.22. The number of aryl methyl sites for hydroxylation is 1. The summed E-state index contributed by atoms with van der Waals surface area (Å²) in [5, 5.41) is 2.77. The molecule has 1 heterocycles. The number of carbonyl (C=O) groups is 1. The van der Waals surface area contributed by atoms with Crippen molar-refractivity contribution in [2.75, 3.05) is 11.1 Å². The van der Waals surface area contributed by atoms with Gasteiger partial charge < -0.3 is 11.1 Å². The van der Waals surface area contributed by atoms with Crippen LogP contribution in [0.15, 0.2) is 28.2 Å². The van der Waals surface area contributed by atoms with Gasteiger partial charge in [0.15, 0.2) is 0 Å². The first kappa shape index (κ1) is 12.1. The fraction of sp³-hybridized carbons (Fsp3) is 0.0909. The van der Waals surface area contributed by atoms with Crippen molar-refractivity contribution in [3.05, 3.63) is 38.8 Å². The van der Waals surface area contributed by atoms with Crippen LogP contribution < -0.4 is 11.1 Å². The number of hydrogen-bond acceptors (Lipinski definition) is 4. The van der Waals surface area contributed by atoms with Crippen LogP contribution >= 0.6 is 27.3 Å². The smallest absolute Gasteiger partial charge is 0.267 e. The second-order valence-electron chi connectivity index (χ2n) is 3.45. The quantitative estimate of drug-likeness (QED) is 0.838. The van der Waals surface area contributed by atoms with E-state index in [2.05, 4.69) is 26.2 Å². The molecule has 0 aliphatic carbocycles. The molecule has 0 bridgehead atoms. The van der Waals surface area contributed by atoms with Crippen molar-refractivity contribution in [2.45, 2.75) is 6.92 Å². The topological polar surface area (TPSA) is 68.0 Å². The third-order valence-electron chi connectivity index (χ3n) is 2.21. The average molecular weight is 312 g/mol. The number of halogens is 1. The molecule has 0 spiro atoms. The highest BCUT2D eigenvalue weighted by atomic mass is 79.9. The zero-order chi connectivity index (χ0) is 12.4. The Kier molecular flexibility index (Phi) is 3.44. The van der Waals surface area contributed by atoms with Gasteiger partial charge in [0.2, 0.25) is 0 Å². The summed E-state index contributed by atoms with van der Waals surface area (Å²) in [5.74, 6) is -0.181. The molecule has 17 heavy (non-hydrogen) atoms. The number of rotatable bonds is 2. The van der Waals surface area contributed by atoms with Crippen LogP contribution in [0.4, 0.5) is 11.4 Å². The molecule has 0 aliphatic rings. The van der Waals surface area contributed by atoms with Gasteiger partial charge in [0.25, 0.3) is 5.91 Å². The molecule has 88 valence electrons. The molecular formula is C11H10BrN3OS. The van der Waals surface area contributed by atoms with E-state index in [0.717, 1.165) is 10.2 Å². The standard InChI is InChI=1S/C11H10BrN3OS/c1-6-10(17-5-14-6)11(16)15-9-3-2-7(12)4-8(9)13/h2-5H,13H2,1H3,(H,15,16). The van der Waals surface area contributed by atoms with Gasteiger partial charge in [-0.3, -0.25) is 4.79 Å². The van der Waals surface area contributed by atoms with Gasteiger partial charge >= 0.3 is 0 Å². The largest absolute Gasteiger partial charge is 0.397 e.